The van der Waals surface area contributed by atoms with Crippen LogP contribution in [0, 0.1) is 6.92 Å². The van der Waals surface area contributed by atoms with E-state index in [1.54, 1.807) is 19.5 Å². The van der Waals surface area contributed by atoms with Gasteiger partial charge in [0.25, 0.3) is 5.56 Å². The first-order chi connectivity index (χ1) is 19.1. The second-order valence-electron chi connectivity index (χ2n) is 10.8. The minimum Gasteiger partial charge on any atom is -0.496 e. The predicted octanol–water partition coefficient (Wildman–Crippen LogP) is 5.46. The molecule has 1 atom stereocenters. The van der Waals surface area contributed by atoms with Crippen LogP contribution in [0.25, 0.3) is 20.9 Å². The van der Waals surface area contributed by atoms with Gasteiger partial charge in [0.15, 0.2) is 0 Å². The van der Waals surface area contributed by atoms with E-state index in [2.05, 4.69) is 4.98 Å². The number of aromatic nitrogens is 2. The molecule has 1 aromatic carbocycles. The molecule has 3 heterocycles. The molecule has 3 aromatic heterocycles. The number of oxazole rings is 1. The summed E-state index contributed by atoms with van der Waals surface area (Å²) in [5, 5.41) is 20.5. The lowest BCUT2D eigenvalue weighted by molar-refractivity contribution is -0.145. The molecule has 0 saturated heterocycles. The molecule has 0 unspecified atom stereocenters. The number of carboxylic acids is 1. The molecule has 2 N–H and O–H groups in total. The molecule has 9 nitrogen and oxygen atoms in total. The molecule has 1 aliphatic carbocycles. The van der Waals surface area contributed by atoms with Crippen LogP contribution < -0.4 is 10.3 Å². The van der Waals surface area contributed by atoms with Gasteiger partial charge in [0.2, 0.25) is 5.89 Å². The Balaban J connectivity index is 1.69. The first-order valence-corrected chi connectivity index (χ1v) is 14.2. The number of thiophene rings is 1. The minimum absolute atomic E-state index is 0.0527. The summed E-state index contributed by atoms with van der Waals surface area (Å²) in [4.78, 5) is 31.1. The van der Waals surface area contributed by atoms with Gasteiger partial charge in [0, 0.05) is 22.9 Å². The van der Waals surface area contributed by atoms with Crippen molar-refractivity contribution in [3.8, 4) is 16.5 Å². The van der Waals surface area contributed by atoms with E-state index in [0.717, 1.165) is 33.5 Å². The lowest BCUT2D eigenvalue weighted by atomic mass is 9.94. The monoisotopic (exact) mass is 566 g/mol. The smallest absolute Gasteiger partial charge is 0.329 e. The summed E-state index contributed by atoms with van der Waals surface area (Å²) >= 11 is 1.41. The highest BCUT2D eigenvalue weighted by molar-refractivity contribution is 7.22. The second kappa shape index (κ2) is 11.2. The van der Waals surface area contributed by atoms with Crippen molar-refractivity contribution in [2.75, 3.05) is 7.11 Å². The normalized spacial score (nSPS) is 18.6. The van der Waals surface area contributed by atoms with Crippen molar-refractivity contribution in [3.63, 3.8) is 0 Å². The average molecular weight is 567 g/mol. The Morgan fingerprint density at radius 3 is 2.62 bits per heavy atom. The Morgan fingerprint density at radius 2 is 1.98 bits per heavy atom. The number of rotatable bonds is 9. The number of methoxy groups -OCH3 is 1. The van der Waals surface area contributed by atoms with Gasteiger partial charge < -0.3 is 24.1 Å². The number of para-hydroxylation sites is 1. The Morgan fingerprint density at radius 1 is 1.25 bits per heavy atom. The van der Waals surface area contributed by atoms with Crippen LogP contribution in [0.4, 0.5) is 0 Å². The number of carbonyl (C=O) groups is 1. The van der Waals surface area contributed by atoms with Crippen molar-refractivity contribution in [1.29, 1.82) is 0 Å². The Kier molecular flexibility index (Phi) is 7.85. The van der Waals surface area contributed by atoms with Crippen LogP contribution in [0.1, 0.15) is 62.3 Å². The number of aliphatic hydroxyl groups excluding tert-OH is 1. The van der Waals surface area contributed by atoms with Gasteiger partial charge in [0.1, 0.15) is 17.6 Å². The van der Waals surface area contributed by atoms with Gasteiger partial charge in [-0.15, -0.1) is 11.3 Å². The van der Waals surface area contributed by atoms with Crippen molar-refractivity contribution < 1.29 is 28.9 Å². The lowest BCUT2D eigenvalue weighted by Gasteiger charge is -2.31. The molecule has 5 rings (SSSR count). The summed E-state index contributed by atoms with van der Waals surface area (Å²) in [6, 6.07) is 7.68. The molecule has 1 aliphatic rings. The number of benzene rings is 1. The van der Waals surface area contributed by atoms with Crippen molar-refractivity contribution in [2.24, 2.45) is 0 Å². The van der Waals surface area contributed by atoms with Gasteiger partial charge in [-0.25, -0.2) is 9.78 Å². The molecule has 0 amide bonds. The lowest BCUT2D eigenvalue weighted by Crippen LogP contribution is -2.42. The maximum atomic E-state index is 13.8. The topological polar surface area (TPSA) is 124 Å². The Bertz CT molecular complexity index is 1560. The fourth-order valence-electron chi connectivity index (χ4n) is 5.37. The highest BCUT2D eigenvalue weighted by Crippen LogP contribution is 2.41. The number of aliphatic hydroxyl groups is 1. The zero-order chi connectivity index (χ0) is 28.6. The van der Waals surface area contributed by atoms with Gasteiger partial charge in [-0.2, -0.15) is 0 Å². The van der Waals surface area contributed by atoms with Crippen molar-refractivity contribution in [3.05, 3.63) is 70.0 Å². The first-order valence-electron chi connectivity index (χ1n) is 13.4. The summed E-state index contributed by atoms with van der Waals surface area (Å²) < 4.78 is 20.0. The number of nitrogens with zero attached hydrogens (tertiary/aromatic N) is 2. The molecule has 10 heteroatoms. The largest absolute Gasteiger partial charge is 0.496 e. The number of ether oxygens (including phenoxy) is 2. The van der Waals surface area contributed by atoms with E-state index in [9.17, 15) is 19.8 Å². The van der Waals surface area contributed by atoms with Gasteiger partial charge in [-0.1, -0.05) is 18.2 Å². The molecular weight excluding hydrogens is 532 g/mol. The van der Waals surface area contributed by atoms with Crippen LogP contribution in [0.2, 0.25) is 0 Å². The van der Waals surface area contributed by atoms with E-state index in [1.807, 2.05) is 31.2 Å². The molecule has 0 bridgehead atoms. The SMILES string of the molecule is COc1ccccc1[C@H](Cc1cn(C(C)(C)C(=O)O)c(=O)c2c(C)c(-c3ncco3)sc12)OC1CCC(O)CC1. The molecule has 212 valence electrons. The van der Waals surface area contributed by atoms with E-state index in [4.69, 9.17) is 13.9 Å². The van der Waals surface area contributed by atoms with Gasteiger partial charge >= 0.3 is 5.97 Å². The summed E-state index contributed by atoms with van der Waals surface area (Å²) in [7, 11) is 1.62. The van der Waals surface area contributed by atoms with Crippen LogP contribution >= 0.6 is 11.3 Å². The van der Waals surface area contributed by atoms with Gasteiger partial charge in [-0.05, 0) is 63.6 Å². The van der Waals surface area contributed by atoms with Crippen LogP contribution in [0.15, 0.2) is 52.1 Å². The van der Waals surface area contributed by atoms with E-state index in [-0.39, 0.29) is 17.8 Å². The number of fused-ring (bicyclic) bond motifs is 1. The number of carboxylic acid groups (broad SMARTS) is 1. The Hall–Kier alpha value is -3.47. The summed E-state index contributed by atoms with van der Waals surface area (Å²) in [5.41, 5.74) is 0.467. The van der Waals surface area contributed by atoms with E-state index >= 15 is 0 Å². The summed E-state index contributed by atoms with van der Waals surface area (Å²) in [5.74, 6) is -0.0213. The van der Waals surface area contributed by atoms with Crippen molar-refractivity contribution in [1.82, 2.24) is 9.55 Å². The highest BCUT2D eigenvalue weighted by atomic mass is 32.1. The quantitative estimate of drug-likeness (QED) is 0.274. The number of aryl methyl sites for hydroxylation is 1. The van der Waals surface area contributed by atoms with Gasteiger partial charge in [-0.3, -0.25) is 9.36 Å². The minimum atomic E-state index is -1.49. The van der Waals surface area contributed by atoms with Crippen LogP contribution in [0.3, 0.4) is 0 Å². The molecular formula is C30H34N2O7S. The van der Waals surface area contributed by atoms with Crippen LogP contribution in [-0.4, -0.2) is 45.1 Å². The number of hydrogen-bond acceptors (Lipinski definition) is 8. The highest BCUT2D eigenvalue weighted by Gasteiger charge is 2.34. The summed E-state index contributed by atoms with van der Waals surface area (Å²) in [6.45, 7) is 4.87. The molecule has 1 saturated carbocycles. The fraction of sp³-hybridized carbons (Fsp3) is 0.433. The number of hydrogen-bond donors (Lipinski definition) is 2. The third-order valence-corrected chi connectivity index (χ3v) is 9.16. The average Bonchev–Trinajstić information content (AvgIpc) is 3.59. The molecule has 1 fully saturated rings. The third-order valence-electron chi connectivity index (χ3n) is 7.80. The third kappa shape index (κ3) is 5.18. The van der Waals surface area contributed by atoms with Crippen molar-refractivity contribution >= 4 is 27.4 Å². The van der Waals surface area contributed by atoms with Crippen LogP contribution in [-0.2, 0) is 21.5 Å². The zero-order valence-corrected chi connectivity index (χ0v) is 23.9. The maximum absolute atomic E-state index is 13.8. The molecule has 0 aliphatic heterocycles. The Labute approximate surface area is 236 Å². The van der Waals surface area contributed by atoms with Gasteiger partial charge in [0.05, 0.1) is 41.9 Å². The van der Waals surface area contributed by atoms with E-state index in [1.165, 1.54) is 36.0 Å². The molecule has 4 aromatic rings. The standard InChI is InChI=1S/C30H34N2O7S/c1-17-24-26(40-25(17)27-31-13-14-38-27)18(16-32(28(24)34)30(2,3)29(35)36)15-23(21-7-5-6-8-22(21)37-4)39-20-11-9-19(33)10-12-20/h5-8,13-14,16,19-20,23,33H,9-12,15H2,1-4H3,(H,35,36)/t19?,20?,23-/m0/s1. The fourth-order valence-corrected chi connectivity index (χ4v) is 6.63. The molecule has 0 radical (unpaired) electrons. The maximum Gasteiger partial charge on any atom is 0.329 e. The second-order valence-corrected chi connectivity index (χ2v) is 11.8. The van der Waals surface area contributed by atoms with Crippen molar-refractivity contribution in [2.45, 2.75) is 76.7 Å². The summed E-state index contributed by atoms with van der Waals surface area (Å²) in [6.07, 6.45) is 7.09. The first kappa shape index (κ1) is 28.1. The number of aliphatic carboxylic acids is 1. The molecule has 40 heavy (non-hydrogen) atoms. The van der Waals surface area contributed by atoms with E-state index < -0.39 is 17.6 Å². The predicted molar refractivity (Wildman–Crippen MR) is 152 cm³/mol. The van der Waals surface area contributed by atoms with E-state index in [0.29, 0.717) is 41.9 Å². The molecule has 0 spiro atoms. The van der Waals surface area contributed by atoms with Crippen LogP contribution in [0.5, 0.6) is 5.75 Å². The number of pyridine rings is 1. The zero-order valence-electron chi connectivity index (χ0n) is 23.0.